The van der Waals surface area contributed by atoms with Crippen molar-refractivity contribution >= 4 is 35.0 Å². The molecule has 4 rings (SSSR count). The number of rotatable bonds is 4. The van der Waals surface area contributed by atoms with Gasteiger partial charge in [-0.15, -0.1) is 0 Å². The average Bonchev–Trinajstić information content (AvgIpc) is 2.77. The van der Waals surface area contributed by atoms with Crippen LogP contribution in [0.5, 0.6) is 5.75 Å². The average molecular weight is 466 g/mol. The molecule has 1 amide bonds. The molecule has 3 N–H and O–H groups in total. The van der Waals surface area contributed by atoms with Crippen LogP contribution in [0.15, 0.2) is 60.8 Å². The number of nitrogens with two attached hydrogens (primary N) is 1. The Morgan fingerprint density at radius 3 is 2.39 bits per heavy atom. The molecule has 1 unspecified atom stereocenters. The van der Waals surface area contributed by atoms with Gasteiger partial charge in [0.15, 0.2) is 11.6 Å². The molecule has 0 aliphatic carbocycles. The van der Waals surface area contributed by atoms with Crippen molar-refractivity contribution in [2.75, 3.05) is 11.4 Å². The number of hydrogen-bond acceptors (Lipinski definition) is 5. The third kappa shape index (κ3) is 3.89. The van der Waals surface area contributed by atoms with Gasteiger partial charge in [0.1, 0.15) is 0 Å². The van der Waals surface area contributed by atoms with Crippen molar-refractivity contribution in [3.63, 3.8) is 0 Å². The number of amides is 1. The first-order valence-electron chi connectivity index (χ1n) is 10.4. The molecule has 1 aliphatic rings. The van der Waals surface area contributed by atoms with Crippen LogP contribution in [0.2, 0.25) is 5.02 Å². The van der Waals surface area contributed by atoms with Crippen LogP contribution < -0.4 is 15.4 Å². The van der Waals surface area contributed by atoms with E-state index in [2.05, 4.69) is 25.8 Å². The summed E-state index contributed by atoms with van der Waals surface area (Å²) in [6.07, 6.45) is 1.54. The summed E-state index contributed by atoms with van der Waals surface area (Å²) in [5.41, 5.74) is 6.33. The van der Waals surface area contributed by atoms with E-state index >= 15 is 0 Å². The predicted octanol–water partition coefficient (Wildman–Crippen LogP) is 4.54. The van der Waals surface area contributed by atoms with E-state index in [0.29, 0.717) is 22.1 Å². The molecular weight excluding hydrogens is 442 g/mol. The molecule has 8 heteroatoms. The quantitative estimate of drug-likeness (QED) is 0.548. The number of benzene rings is 2. The molecule has 0 fully saturated rings. The van der Waals surface area contributed by atoms with Gasteiger partial charge in [0.25, 0.3) is 11.5 Å². The van der Waals surface area contributed by atoms with E-state index in [-0.39, 0.29) is 17.7 Å². The number of aliphatic carboxylic acids is 1. The molecule has 170 valence electrons. The first-order chi connectivity index (χ1) is 15.5. The number of carboxylic acids is 1. The van der Waals surface area contributed by atoms with Gasteiger partial charge in [-0.05, 0) is 34.7 Å². The molecule has 7 nitrogen and oxygen atoms in total. The van der Waals surface area contributed by atoms with Crippen LogP contribution in [0.4, 0.5) is 11.5 Å². The van der Waals surface area contributed by atoms with Crippen LogP contribution in [0.3, 0.4) is 0 Å². The van der Waals surface area contributed by atoms with Gasteiger partial charge >= 0.3 is 5.97 Å². The van der Waals surface area contributed by atoms with Crippen molar-refractivity contribution in [1.29, 1.82) is 0 Å². The van der Waals surface area contributed by atoms with Crippen molar-refractivity contribution < 1.29 is 19.4 Å². The first-order valence-corrected chi connectivity index (χ1v) is 10.8. The molecule has 0 radical (unpaired) electrons. The molecule has 33 heavy (non-hydrogen) atoms. The second-order valence-electron chi connectivity index (χ2n) is 8.97. The van der Waals surface area contributed by atoms with E-state index < -0.39 is 17.5 Å². The van der Waals surface area contributed by atoms with Gasteiger partial charge in [-0.1, -0.05) is 68.8 Å². The number of nitrogens with zero attached hydrogens (tertiary/aromatic N) is 2. The zero-order chi connectivity index (χ0) is 24.0. The number of anilines is 2. The maximum absolute atomic E-state index is 12.4. The highest BCUT2D eigenvalue weighted by atomic mass is 35.5. The van der Waals surface area contributed by atoms with E-state index in [0.717, 1.165) is 11.1 Å². The van der Waals surface area contributed by atoms with Crippen molar-refractivity contribution in [2.45, 2.75) is 31.8 Å². The number of aromatic nitrogens is 1. The highest BCUT2D eigenvalue weighted by molar-refractivity contribution is 6.33. The Kier molecular flexibility index (Phi) is 5.54. The van der Waals surface area contributed by atoms with E-state index in [1.165, 1.54) is 6.20 Å². The Hall–Kier alpha value is -3.58. The maximum Gasteiger partial charge on any atom is 0.360 e. The topological polar surface area (TPSA) is 106 Å². The second kappa shape index (κ2) is 8.08. The van der Waals surface area contributed by atoms with Crippen LogP contribution in [-0.4, -0.2) is 34.1 Å². The standard InChI is InChI=1S/C25H24ClN3O4/c1-24(2,3)16-11-9-15(10-12-16)17-6-4-8-19-20(17)33-25(22(27)30,23(31)32)14-29(19)21-18(26)7-5-13-28-21/h4-13H,14H2,1-3H3,(H2,27,30)(H,31,32). The number of pyridine rings is 1. The molecule has 1 aliphatic heterocycles. The molecule has 3 aromatic rings. The number of hydrogen-bond donors (Lipinski definition) is 2. The Balaban J connectivity index is 1.94. The number of para-hydroxylation sites is 1. The van der Waals surface area contributed by atoms with Crippen molar-refractivity contribution in [3.05, 3.63) is 71.4 Å². The van der Waals surface area contributed by atoms with Crippen LogP contribution in [0.1, 0.15) is 26.3 Å². The van der Waals surface area contributed by atoms with E-state index in [4.69, 9.17) is 22.1 Å². The summed E-state index contributed by atoms with van der Waals surface area (Å²) >= 11 is 6.38. The Labute approximate surface area is 196 Å². The van der Waals surface area contributed by atoms with Crippen molar-refractivity contribution in [2.24, 2.45) is 5.73 Å². The van der Waals surface area contributed by atoms with Gasteiger partial charge in [-0.2, -0.15) is 0 Å². The molecule has 2 heterocycles. The summed E-state index contributed by atoms with van der Waals surface area (Å²) in [6, 6.07) is 16.6. The molecule has 1 aromatic heterocycles. The lowest BCUT2D eigenvalue weighted by Gasteiger charge is -2.40. The zero-order valence-corrected chi connectivity index (χ0v) is 19.3. The number of carboxylic acid groups (broad SMARTS) is 1. The summed E-state index contributed by atoms with van der Waals surface area (Å²) in [4.78, 5) is 30.6. The number of fused-ring (bicyclic) bond motifs is 1. The van der Waals surface area contributed by atoms with Crippen LogP contribution in [-0.2, 0) is 15.0 Å². The largest absolute Gasteiger partial charge is 0.478 e. The van der Waals surface area contributed by atoms with Crippen LogP contribution >= 0.6 is 11.6 Å². The van der Waals surface area contributed by atoms with E-state index in [1.807, 2.05) is 36.4 Å². The minimum Gasteiger partial charge on any atom is -0.478 e. The first kappa shape index (κ1) is 22.6. The highest BCUT2D eigenvalue weighted by Gasteiger charge is 2.53. The third-order valence-corrected chi connectivity index (χ3v) is 6.04. The summed E-state index contributed by atoms with van der Waals surface area (Å²) in [6.45, 7) is 5.99. The predicted molar refractivity (Wildman–Crippen MR) is 127 cm³/mol. The molecular formula is C25H24ClN3O4. The zero-order valence-electron chi connectivity index (χ0n) is 18.5. The van der Waals surface area contributed by atoms with Gasteiger partial charge in [0, 0.05) is 11.8 Å². The fourth-order valence-corrected chi connectivity index (χ4v) is 4.07. The van der Waals surface area contributed by atoms with Crippen LogP contribution in [0.25, 0.3) is 11.1 Å². The van der Waals surface area contributed by atoms with Crippen LogP contribution in [0, 0.1) is 0 Å². The van der Waals surface area contributed by atoms with E-state index in [9.17, 15) is 14.7 Å². The van der Waals surface area contributed by atoms with Gasteiger partial charge < -0.3 is 20.5 Å². The van der Waals surface area contributed by atoms with Gasteiger partial charge in [0.05, 0.1) is 17.3 Å². The smallest absolute Gasteiger partial charge is 0.360 e. The Bertz CT molecular complexity index is 1220. The molecule has 2 aromatic carbocycles. The van der Waals surface area contributed by atoms with Gasteiger partial charge in [-0.25, -0.2) is 9.78 Å². The number of halogens is 1. The van der Waals surface area contributed by atoms with Crippen molar-refractivity contribution in [3.8, 4) is 16.9 Å². The molecule has 0 saturated heterocycles. The fourth-order valence-electron chi connectivity index (χ4n) is 3.85. The molecule has 0 spiro atoms. The maximum atomic E-state index is 12.4. The summed E-state index contributed by atoms with van der Waals surface area (Å²) in [7, 11) is 0. The summed E-state index contributed by atoms with van der Waals surface area (Å²) in [5, 5.41) is 10.3. The monoisotopic (exact) mass is 465 g/mol. The normalized spacial score (nSPS) is 17.8. The molecule has 0 saturated carbocycles. The van der Waals surface area contributed by atoms with Gasteiger partial charge in [-0.3, -0.25) is 4.79 Å². The Morgan fingerprint density at radius 2 is 1.82 bits per heavy atom. The molecule has 1 atom stereocenters. The summed E-state index contributed by atoms with van der Waals surface area (Å²) in [5.74, 6) is -2.09. The lowest BCUT2D eigenvalue weighted by Crippen LogP contribution is -2.63. The number of primary amides is 1. The summed E-state index contributed by atoms with van der Waals surface area (Å²) < 4.78 is 5.93. The Morgan fingerprint density at radius 1 is 1.12 bits per heavy atom. The number of ether oxygens (including phenoxy) is 1. The lowest BCUT2D eigenvalue weighted by atomic mass is 9.86. The van der Waals surface area contributed by atoms with Gasteiger partial charge in [0.2, 0.25) is 0 Å². The fraction of sp³-hybridized carbons (Fsp3) is 0.240. The minimum absolute atomic E-state index is 0.0257. The number of carbonyl (C=O) groups is 2. The second-order valence-corrected chi connectivity index (χ2v) is 9.38. The number of carbonyl (C=O) groups excluding carboxylic acids is 1. The SMILES string of the molecule is CC(C)(C)c1ccc(-c2cccc3c2OC(C(N)=O)(C(=O)O)CN3c2ncccc2Cl)cc1. The molecule has 0 bridgehead atoms. The lowest BCUT2D eigenvalue weighted by molar-refractivity contribution is -0.161. The van der Waals surface area contributed by atoms with E-state index in [1.54, 1.807) is 23.1 Å². The van der Waals surface area contributed by atoms with Crippen molar-refractivity contribution in [1.82, 2.24) is 4.98 Å². The minimum atomic E-state index is -2.32. The third-order valence-electron chi connectivity index (χ3n) is 5.74. The highest BCUT2D eigenvalue weighted by Crippen LogP contribution is 2.47.